The van der Waals surface area contributed by atoms with E-state index in [2.05, 4.69) is 13.2 Å². The Balaban J connectivity index is 2.60. The molecule has 0 spiro atoms. The lowest BCUT2D eigenvalue weighted by molar-refractivity contribution is 0.414. The van der Waals surface area contributed by atoms with E-state index >= 15 is 0 Å². The van der Waals surface area contributed by atoms with Crippen molar-refractivity contribution in [2.75, 3.05) is 7.11 Å². The molecule has 0 fully saturated rings. The Bertz CT molecular complexity index is 357. The summed E-state index contributed by atoms with van der Waals surface area (Å²) >= 11 is 0. The average Bonchev–Trinajstić information content (AvgIpc) is 2.27. The zero-order valence-electron chi connectivity index (χ0n) is 9.07. The van der Waals surface area contributed by atoms with Crippen LogP contribution in [0.15, 0.2) is 61.2 Å². The minimum Gasteiger partial charge on any atom is -0.497 e. The van der Waals surface area contributed by atoms with Gasteiger partial charge in [-0.1, -0.05) is 49.1 Å². The Kier molecular flexibility index (Phi) is 4.42. The largest absolute Gasteiger partial charge is 0.497 e. The van der Waals surface area contributed by atoms with Crippen LogP contribution in [0.2, 0.25) is 0 Å². The summed E-state index contributed by atoms with van der Waals surface area (Å²) in [6, 6.07) is 8.01. The van der Waals surface area contributed by atoms with Crippen LogP contribution in [0.25, 0.3) is 0 Å². The molecule has 1 aromatic carbocycles. The van der Waals surface area contributed by atoms with Crippen molar-refractivity contribution in [1.82, 2.24) is 0 Å². The minimum atomic E-state index is 0.855. The molecule has 0 aliphatic carbocycles. The van der Waals surface area contributed by atoms with E-state index in [1.165, 1.54) is 5.56 Å². The molecule has 15 heavy (non-hydrogen) atoms. The molecule has 0 amide bonds. The van der Waals surface area contributed by atoms with Crippen molar-refractivity contribution >= 4 is 0 Å². The summed E-state index contributed by atoms with van der Waals surface area (Å²) in [7, 11) is 1.67. The lowest BCUT2D eigenvalue weighted by Crippen LogP contribution is -1.87. The monoisotopic (exact) mass is 200 g/mol. The van der Waals surface area contributed by atoms with Gasteiger partial charge in [0.05, 0.1) is 7.11 Å². The zero-order valence-corrected chi connectivity index (χ0v) is 9.07. The first-order valence-electron chi connectivity index (χ1n) is 4.86. The van der Waals surface area contributed by atoms with Crippen molar-refractivity contribution in [2.24, 2.45) is 0 Å². The third kappa shape index (κ3) is 3.86. The summed E-state index contributed by atoms with van der Waals surface area (Å²) in [6.45, 7) is 7.58. The highest BCUT2D eigenvalue weighted by Gasteiger charge is 1.95. The fourth-order valence-electron chi connectivity index (χ4n) is 1.27. The van der Waals surface area contributed by atoms with E-state index in [4.69, 9.17) is 4.74 Å². The molecule has 0 atom stereocenters. The molecular formula is C14H16O. The summed E-state index contributed by atoms with van der Waals surface area (Å²) in [6.07, 6.45) is 6.47. The highest BCUT2D eigenvalue weighted by atomic mass is 16.5. The Labute approximate surface area is 91.4 Å². The van der Waals surface area contributed by atoms with Crippen molar-refractivity contribution in [2.45, 2.75) is 6.42 Å². The van der Waals surface area contributed by atoms with Crippen molar-refractivity contribution in [1.29, 1.82) is 0 Å². The number of methoxy groups -OCH3 is 1. The number of hydrogen-bond acceptors (Lipinski definition) is 1. The molecule has 0 aliphatic heterocycles. The van der Waals surface area contributed by atoms with Gasteiger partial charge in [-0.3, -0.25) is 0 Å². The molecule has 0 unspecified atom stereocenters. The molecule has 1 rings (SSSR count). The van der Waals surface area contributed by atoms with Gasteiger partial charge in [0.15, 0.2) is 0 Å². The van der Waals surface area contributed by atoms with Gasteiger partial charge >= 0.3 is 0 Å². The summed E-state index contributed by atoms with van der Waals surface area (Å²) in [5.41, 5.74) is 2.30. The highest BCUT2D eigenvalue weighted by molar-refractivity contribution is 5.32. The first kappa shape index (κ1) is 11.3. The van der Waals surface area contributed by atoms with Gasteiger partial charge in [0.2, 0.25) is 0 Å². The highest BCUT2D eigenvalue weighted by Crippen LogP contribution is 2.14. The molecule has 0 aromatic heterocycles. The molecule has 0 radical (unpaired) electrons. The van der Waals surface area contributed by atoms with Crippen LogP contribution in [0, 0.1) is 0 Å². The number of ether oxygens (including phenoxy) is 1. The summed E-state index contributed by atoms with van der Waals surface area (Å²) in [5.74, 6) is 0.881. The standard InChI is InChI=1S/C14H16O/c1-4-5-6-12(2)11-13-7-9-14(15-3)10-8-13/h4-10H,1-2,11H2,3H3/b6-5-. The molecule has 0 N–H and O–H groups in total. The number of allylic oxidation sites excluding steroid dienone is 4. The quantitative estimate of drug-likeness (QED) is 0.661. The predicted molar refractivity (Wildman–Crippen MR) is 65.2 cm³/mol. The van der Waals surface area contributed by atoms with E-state index in [1.54, 1.807) is 13.2 Å². The third-order valence-corrected chi connectivity index (χ3v) is 2.06. The SMILES string of the molecule is C=C/C=C\C(=C)Cc1ccc(OC)cc1. The van der Waals surface area contributed by atoms with E-state index in [1.807, 2.05) is 36.4 Å². The van der Waals surface area contributed by atoms with E-state index < -0.39 is 0 Å². The van der Waals surface area contributed by atoms with Gasteiger partial charge in [-0.25, -0.2) is 0 Å². The van der Waals surface area contributed by atoms with Crippen LogP contribution in [-0.4, -0.2) is 7.11 Å². The summed E-state index contributed by atoms with van der Waals surface area (Å²) in [4.78, 5) is 0. The van der Waals surface area contributed by atoms with E-state index in [0.29, 0.717) is 0 Å². The Morgan fingerprint density at radius 2 is 2.00 bits per heavy atom. The fraction of sp³-hybridized carbons (Fsp3) is 0.143. The minimum absolute atomic E-state index is 0.855. The van der Waals surface area contributed by atoms with Gasteiger partial charge in [0.1, 0.15) is 5.75 Å². The van der Waals surface area contributed by atoms with Gasteiger partial charge < -0.3 is 4.74 Å². The van der Waals surface area contributed by atoms with Crippen molar-refractivity contribution in [3.05, 3.63) is 66.8 Å². The predicted octanol–water partition coefficient (Wildman–Crippen LogP) is 3.54. The summed E-state index contributed by atoms with van der Waals surface area (Å²) in [5, 5.41) is 0. The Morgan fingerprint density at radius 3 is 2.53 bits per heavy atom. The van der Waals surface area contributed by atoms with Gasteiger partial charge in [-0.2, -0.15) is 0 Å². The van der Waals surface area contributed by atoms with Gasteiger partial charge in [0.25, 0.3) is 0 Å². The van der Waals surface area contributed by atoms with Crippen LogP contribution in [0.4, 0.5) is 0 Å². The number of hydrogen-bond donors (Lipinski definition) is 0. The lowest BCUT2D eigenvalue weighted by atomic mass is 10.1. The van der Waals surface area contributed by atoms with Crippen molar-refractivity contribution in [3.63, 3.8) is 0 Å². The van der Waals surface area contributed by atoms with Gasteiger partial charge in [0, 0.05) is 0 Å². The molecule has 0 saturated heterocycles. The van der Waals surface area contributed by atoms with Crippen LogP contribution < -0.4 is 4.74 Å². The normalized spacial score (nSPS) is 10.2. The summed E-state index contributed by atoms with van der Waals surface area (Å²) < 4.78 is 5.09. The second-order valence-corrected chi connectivity index (χ2v) is 3.28. The molecule has 0 aliphatic rings. The van der Waals surface area contributed by atoms with Crippen LogP contribution >= 0.6 is 0 Å². The van der Waals surface area contributed by atoms with E-state index in [0.717, 1.165) is 17.7 Å². The maximum atomic E-state index is 5.09. The first-order chi connectivity index (χ1) is 7.26. The van der Waals surface area contributed by atoms with Crippen LogP contribution in [-0.2, 0) is 6.42 Å². The first-order valence-corrected chi connectivity index (χ1v) is 4.86. The Hall–Kier alpha value is -1.76. The maximum absolute atomic E-state index is 5.09. The molecule has 0 saturated carbocycles. The average molecular weight is 200 g/mol. The molecule has 78 valence electrons. The smallest absolute Gasteiger partial charge is 0.118 e. The van der Waals surface area contributed by atoms with E-state index in [9.17, 15) is 0 Å². The van der Waals surface area contributed by atoms with Gasteiger partial charge in [-0.15, -0.1) is 0 Å². The molecule has 1 heteroatoms. The fourth-order valence-corrected chi connectivity index (χ4v) is 1.27. The van der Waals surface area contributed by atoms with Gasteiger partial charge in [-0.05, 0) is 24.1 Å². The van der Waals surface area contributed by atoms with Crippen LogP contribution in [0.5, 0.6) is 5.75 Å². The number of benzene rings is 1. The van der Waals surface area contributed by atoms with Crippen molar-refractivity contribution < 1.29 is 4.74 Å². The second-order valence-electron chi connectivity index (χ2n) is 3.28. The van der Waals surface area contributed by atoms with E-state index in [-0.39, 0.29) is 0 Å². The molecule has 0 bridgehead atoms. The molecule has 1 aromatic rings. The van der Waals surface area contributed by atoms with Crippen molar-refractivity contribution in [3.8, 4) is 5.75 Å². The second kappa shape index (κ2) is 5.86. The Morgan fingerprint density at radius 1 is 1.33 bits per heavy atom. The molecular weight excluding hydrogens is 184 g/mol. The van der Waals surface area contributed by atoms with Crippen LogP contribution in [0.1, 0.15) is 5.56 Å². The molecule has 0 heterocycles. The topological polar surface area (TPSA) is 9.23 Å². The molecule has 1 nitrogen and oxygen atoms in total. The third-order valence-electron chi connectivity index (χ3n) is 2.06. The van der Waals surface area contributed by atoms with Crippen LogP contribution in [0.3, 0.4) is 0 Å². The maximum Gasteiger partial charge on any atom is 0.118 e. The lowest BCUT2D eigenvalue weighted by Gasteiger charge is -2.03. The zero-order chi connectivity index (χ0) is 11.1. The number of rotatable bonds is 5.